The lowest BCUT2D eigenvalue weighted by molar-refractivity contribution is -0.123. The number of hydrogen-bond acceptors (Lipinski definition) is 3. The van der Waals surface area contributed by atoms with Gasteiger partial charge in [0.15, 0.2) is 0 Å². The number of rotatable bonds is 4. The highest BCUT2D eigenvalue weighted by Crippen LogP contribution is 2.30. The van der Waals surface area contributed by atoms with Crippen LogP contribution in [0, 0.1) is 18.8 Å². The van der Waals surface area contributed by atoms with Crippen molar-refractivity contribution < 1.29 is 9.53 Å². The van der Waals surface area contributed by atoms with Gasteiger partial charge in [-0.3, -0.25) is 4.79 Å². The maximum absolute atomic E-state index is 12.0. The van der Waals surface area contributed by atoms with Crippen molar-refractivity contribution in [2.45, 2.75) is 46.1 Å². The lowest BCUT2D eigenvalue weighted by Crippen LogP contribution is -2.30. The van der Waals surface area contributed by atoms with E-state index in [0.29, 0.717) is 11.6 Å². The first-order chi connectivity index (χ1) is 9.97. The Morgan fingerprint density at radius 1 is 1.33 bits per heavy atom. The first kappa shape index (κ1) is 15.8. The number of anilines is 2. The molecule has 3 atom stereocenters. The van der Waals surface area contributed by atoms with E-state index in [-0.39, 0.29) is 18.6 Å². The van der Waals surface area contributed by atoms with Gasteiger partial charge < -0.3 is 15.8 Å². The van der Waals surface area contributed by atoms with Gasteiger partial charge >= 0.3 is 0 Å². The van der Waals surface area contributed by atoms with E-state index >= 15 is 0 Å². The van der Waals surface area contributed by atoms with Gasteiger partial charge in [0.25, 0.3) is 0 Å². The predicted octanol–water partition coefficient (Wildman–Crippen LogP) is 3.36. The van der Waals surface area contributed by atoms with Gasteiger partial charge in [-0.05, 0) is 55.7 Å². The molecule has 1 aromatic rings. The Hall–Kier alpha value is -1.55. The summed E-state index contributed by atoms with van der Waals surface area (Å²) in [5, 5.41) is 2.87. The van der Waals surface area contributed by atoms with Crippen LogP contribution in [0.25, 0.3) is 0 Å². The van der Waals surface area contributed by atoms with Gasteiger partial charge in [-0.25, -0.2) is 0 Å². The first-order valence-electron chi connectivity index (χ1n) is 7.74. The fraction of sp³-hybridized carbons (Fsp3) is 0.588. The largest absolute Gasteiger partial charge is 0.398 e. The van der Waals surface area contributed by atoms with Crippen LogP contribution >= 0.6 is 0 Å². The molecule has 21 heavy (non-hydrogen) atoms. The Balaban J connectivity index is 1.81. The number of nitrogens with two attached hydrogens (primary N) is 1. The molecule has 0 heterocycles. The summed E-state index contributed by atoms with van der Waals surface area (Å²) in [6.07, 6.45) is 3.49. The molecule has 1 saturated carbocycles. The van der Waals surface area contributed by atoms with E-state index in [2.05, 4.69) is 19.2 Å². The fourth-order valence-corrected chi connectivity index (χ4v) is 2.82. The van der Waals surface area contributed by atoms with Crippen LogP contribution in [0.15, 0.2) is 18.2 Å². The molecule has 1 fully saturated rings. The van der Waals surface area contributed by atoms with E-state index in [1.807, 2.05) is 25.1 Å². The molecular weight excluding hydrogens is 264 g/mol. The molecule has 4 nitrogen and oxygen atoms in total. The average Bonchev–Trinajstić information content (AvgIpc) is 2.45. The standard InChI is InChI=1S/C17H26N2O2/c1-11-7-8-14(9-12(11)2)21-10-17(20)19-16-6-4-5-15(18)13(16)3/h4-6,11-12,14H,7-10,18H2,1-3H3,(H,19,20). The van der Waals surface area contributed by atoms with Crippen LogP contribution in [0.1, 0.15) is 38.7 Å². The Bertz CT molecular complexity index is 502. The van der Waals surface area contributed by atoms with Crippen LogP contribution in [-0.4, -0.2) is 18.6 Å². The summed E-state index contributed by atoms with van der Waals surface area (Å²) in [6, 6.07) is 5.52. The highest BCUT2D eigenvalue weighted by molar-refractivity contribution is 5.93. The summed E-state index contributed by atoms with van der Waals surface area (Å²) in [5.41, 5.74) is 8.17. The average molecular weight is 290 g/mol. The van der Waals surface area contributed by atoms with Crippen molar-refractivity contribution in [1.29, 1.82) is 0 Å². The zero-order valence-corrected chi connectivity index (χ0v) is 13.2. The van der Waals surface area contributed by atoms with Crippen molar-refractivity contribution in [1.82, 2.24) is 0 Å². The molecule has 0 spiro atoms. The molecular formula is C17H26N2O2. The number of hydrogen-bond donors (Lipinski definition) is 2. The van der Waals surface area contributed by atoms with Crippen LogP contribution < -0.4 is 11.1 Å². The van der Waals surface area contributed by atoms with Gasteiger partial charge in [0.2, 0.25) is 5.91 Å². The van der Waals surface area contributed by atoms with Crippen LogP contribution in [0.4, 0.5) is 11.4 Å². The molecule has 0 aliphatic heterocycles. The fourth-order valence-electron chi connectivity index (χ4n) is 2.82. The second-order valence-electron chi connectivity index (χ2n) is 6.27. The van der Waals surface area contributed by atoms with Gasteiger partial charge in [-0.1, -0.05) is 19.9 Å². The molecule has 0 saturated heterocycles. The highest BCUT2D eigenvalue weighted by atomic mass is 16.5. The molecule has 1 aliphatic rings. The molecule has 0 aromatic heterocycles. The number of benzene rings is 1. The molecule has 2 rings (SSSR count). The maximum Gasteiger partial charge on any atom is 0.250 e. The summed E-state index contributed by atoms with van der Waals surface area (Å²) in [5.74, 6) is 1.31. The Morgan fingerprint density at radius 2 is 2.10 bits per heavy atom. The van der Waals surface area contributed by atoms with Crippen molar-refractivity contribution in [3.63, 3.8) is 0 Å². The minimum absolute atomic E-state index is 0.111. The van der Waals surface area contributed by atoms with Crippen LogP contribution in [0.5, 0.6) is 0 Å². The molecule has 116 valence electrons. The van der Waals surface area contributed by atoms with E-state index < -0.39 is 0 Å². The number of nitrogen functional groups attached to an aromatic ring is 1. The predicted molar refractivity (Wildman–Crippen MR) is 86.1 cm³/mol. The van der Waals surface area contributed by atoms with Crippen LogP contribution in [0.3, 0.4) is 0 Å². The van der Waals surface area contributed by atoms with E-state index in [9.17, 15) is 4.79 Å². The minimum atomic E-state index is -0.116. The van der Waals surface area contributed by atoms with Crippen molar-refractivity contribution in [2.24, 2.45) is 11.8 Å². The Labute approximate surface area is 127 Å². The monoisotopic (exact) mass is 290 g/mol. The lowest BCUT2D eigenvalue weighted by atomic mass is 9.80. The number of carbonyl (C=O) groups is 1. The van der Waals surface area contributed by atoms with Crippen molar-refractivity contribution in [2.75, 3.05) is 17.7 Å². The quantitative estimate of drug-likeness (QED) is 0.836. The summed E-state index contributed by atoms with van der Waals surface area (Å²) < 4.78 is 5.76. The summed E-state index contributed by atoms with van der Waals surface area (Å²) >= 11 is 0. The van der Waals surface area contributed by atoms with Gasteiger partial charge in [0, 0.05) is 11.4 Å². The molecule has 1 aliphatic carbocycles. The van der Waals surface area contributed by atoms with E-state index in [0.717, 1.165) is 30.0 Å². The molecule has 0 bridgehead atoms. The first-order valence-corrected chi connectivity index (χ1v) is 7.74. The van der Waals surface area contributed by atoms with Crippen molar-refractivity contribution in [3.05, 3.63) is 23.8 Å². The highest BCUT2D eigenvalue weighted by Gasteiger charge is 2.25. The summed E-state index contributed by atoms with van der Waals surface area (Å²) in [4.78, 5) is 12.0. The number of carbonyl (C=O) groups excluding carboxylic acids is 1. The maximum atomic E-state index is 12.0. The van der Waals surface area contributed by atoms with Crippen molar-refractivity contribution in [3.8, 4) is 0 Å². The van der Waals surface area contributed by atoms with E-state index in [1.54, 1.807) is 0 Å². The van der Waals surface area contributed by atoms with Gasteiger partial charge in [0.05, 0.1) is 6.10 Å². The zero-order valence-electron chi connectivity index (χ0n) is 13.2. The molecule has 1 aromatic carbocycles. The summed E-state index contributed by atoms with van der Waals surface area (Å²) in [6.45, 7) is 6.56. The van der Waals surface area contributed by atoms with Crippen LogP contribution in [0.2, 0.25) is 0 Å². The third-order valence-corrected chi connectivity index (χ3v) is 4.65. The third kappa shape index (κ3) is 4.21. The van der Waals surface area contributed by atoms with E-state index in [1.165, 1.54) is 6.42 Å². The molecule has 4 heteroatoms. The van der Waals surface area contributed by atoms with Gasteiger partial charge in [-0.2, -0.15) is 0 Å². The molecule has 3 unspecified atom stereocenters. The Kier molecular flexibility index (Phi) is 5.23. The number of ether oxygens (including phenoxy) is 1. The van der Waals surface area contributed by atoms with E-state index in [4.69, 9.17) is 10.5 Å². The van der Waals surface area contributed by atoms with Gasteiger partial charge in [0.1, 0.15) is 6.61 Å². The zero-order chi connectivity index (χ0) is 15.4. The SMILES string of the molecule is Cc1c(N)cccc1NC(=O)COC1CCC(C)C(C)C1. The number of nitrogens with one attached hydrogen (secondary N) is 1. The topological polar surface area (TPSA) is 64.3 Å². The molecule has 3 N–H and O–H groups in total. The minimum Gasteiger partial charge on any atom is -0.398 e. The number of amides is 1. The smallest absolute Gasteiger partial charge is 0.250 e. The Morgan fingerprint density at radius 3 is 2.81 bits per heavy atom. The molecule has 1 amide bonds. The second-order valence-corrected chi connectivity index (χ2v) is 6.27. The van der Waals surface area contributed by atoms with Crippen LogP contribution in [-0.2, 0) is 9.53 Å². The normalized spacial score (nSPS) is 25.6. The molecule has 0 radical (unpaired) electrons. The summed E-state index contributed by atoms with van der Waals surface area (Å²) in [7, 11) is 0. The third-order valence-electron chi connectivity index (χ3n) is 4.65. The second kappa shape index (κ2) is 6.94. The lowest BCUT2D eigenvalue weighted by Gasteiger charge is -2.31. The van der Waals surface area contributed by atoms with Gasteiger partial charge in [-0.15, -0.1) is 0 Å². The van der Waals surface area contributed by atoms with Crippen molar-refractivity contribution >= 4 is 17.3 Å².